The molecule has 0 saturated carbocycles. The number of carbonyl (C=O) groups excluding carboxylic acids is 3. The summed E-state index contributed by atoms with van der Waals surface area (Å²) in [6.07, 6.45) is 1.37. The quantitative estimate of drug-likeness (QED) is 0.814. The van der Waals surface area contributed by atoms with Crippen molar-refractivity contribution in [3.63, 3.8) is 0 Å². The molecule has 1 aliphatic rings. The van der Waals surface area contributed by atoms with Gasteiger partial charge < -0.3 is 10.6 Å². The smallest absolute Gasteiger partial charge is 0.325 e. The Bertz CT molecular complexity index is 632. The predicted octanol–water partition coefficient (Wildman–Crippen LogP) is 2.64. The van der Waals surface area contributed by atoms with Crippen LogP contribution in [0.2, 0.25) is 0 Å². The molecule has 6 nitrogen and oxygen atoms in total. The fraction of sp³-hybridized carbons (Fsp3) is 0.500. The largest absolute Gasteiger partial charge is 0.326 e. The molecule has 0 radical (unpaired) electrons. The highest BCUT2D eigenvalue weighted by Gasteiger charge is 2.38. The van der Waals surface area contributed by atoms with Gasteiger partial charge in [-0.15, -0.1) is 0 Å². The fourth-order valence-electron chi connectivity index (χ4n) is 2.61. The highest BCUT2D eigenvalue weighted by atomic mass is 16.2. The number of hydrogen-bond donors (Lipinski definition) is 2. The molecule has 1 saturated heterocycles. The average molecular weight is 331 g/mol. The van der Waals surface area contributed by atoms with Gasteiger partial charge in [-0.2, -0.15) is 0 Å². The molecule has 1 unspecified atom stereocenters. The second kappa shape index (κ2) is 7.03. The number of nitrogens with zero attached hydrogens (tertiary/aromatic N) is 1. The first-order valence-electron chi connectivity index (χ1n) is 8.24. The Morgan fingerprint density at radius 2 is 1.83 bits per heavy atom. The summed E-state index contributed by atoms with van der Waals surface area (Å²) < 4.78 is 0. The van der Waals surface area contributed by atoms with E-state index < -0.39 is 12.1 Å². The van der Waals surface area contributed by atoms with Gasteiger partial charge in [-0.3, -0.25) is 14.5 Å². The highest BCUT2D eigenvalue weighted by Crippen LogP contribution is 2.23. The molecule has 1 aliphatic heterocycles. The Labute approximate surface area is 142 Å². The Balaban J connectivity index is 1.96. The number of amides is 4. The van der Waals surface area contributed by atoms with Crippen LogP contribution in [0.1, 0.15) is 46.1 Å². The molecule has 2 rings (SSSR count). The van der Waals surface area contributed by atoms with E-state index in [0.717, 1.165) is 16.9 Å². The maximum atomic E-state index is 12.1. The first-order chi connectivity index (χ1) is 11.2. The summed E-state index contributed by atoms with van der Waals surface area (Å²) in [5.74, 6) is -0.723. The number of nitrogens with one attached hydrogen (secondary N) is 2. The summed E-state index contributed by atoms with van der Waals surface area (Å²) in [4.78, 5) is 37.0. The van der Waals surface area contributed by atoms with E-state index in [1.54, 1.807) is 0 Å². The van der Waals surface area contributed by atoms with Crippen LogP contribution >= 0.6 is 0 Å². The fourth-order valence-corrected chi connectivity index (χ4v) is 2.61. The van der Waals surface area contributed by atoms with E-state index in [-0.39, 0.29) is 23.8 Å². The van der Waals surface area contributed by atoms with Crippen molar-refractivity contribution in [3.05, 3.63) is 29.8 Å². The van der Waals surface area contributed by atoms with Crippen LogP contribution in [0, 0.1) is 0 Å². The van der Waals surface area contributed by atoms with Gasteiger partial charge in [-0.25, -0.2) is 4.79 Å². The van der Waals surface area contributed by atoms with Gasteiger partial charge in [0.25, 0.3) is 5.91 Å². The van der Waals surface area contributed by atoms with Crippen LogP contribution in [0.4, 0.5) is 10.5 Å². The topological polar surface area (TPSA) is 78.5 Å². The van der Waals surface area contributed by atoms with Crippen LogP contribution < -0.4 is 10.6 Å². The highest BCUT2D eigenvalue weighted by molar-refractivity contribution is 6.07. The normalized spacial score (nSPS) is 17.8. The van der Waals surface area contributed by atoms with Crippen molar-refractivity contribution < 1.29 is 14.4 Å². The van der Waals surface area contributed by atoms with Gasteiger partial charge in [0, 0.05) is 5.69 Å². The minimum absolute atomic E-state index is 0.0386. The number of imide groups is 1. The lowest BCUT2D eigenvalue weighted by molar-refractivity contribution is -0.130. The monoisotopic (exact) mass is 331 g/mol. The third kappa shape index (κ3) is 4.13. The van der Waals surface area contributed by atoms with Gasteiger partial charge >= 0.3 is 6.03 Å². The number of urea groups is 1. The van der Waals surface area contributed by atoms with E-state index in [1.165, 1.54) is 0 Å². The summed E-state index contributed by atoms with van der Waals surface area (Å²) in [5.41, 5.74) is 1.85. The van der Waals surface area contributed by atoms with Gasteiger partial charge in [0.2, 0.25) is 5.91 Å². The number of rotatable bonds is 5. The molecular formula is C18H25N3O3. The summed E-state index contributed by atoms with van der Waals surface area (Å²) in [7, 11) is 0. The van der Waals surface area contributed by atoms with Crippen molar-refractivity contribution in [2.24, 2.45) is 0 Å². The lowest BCUT2D eigenvalue weighted by Gasteiger charge is -2.19. The predicted molar refractivity (Wildman–Crippen MR) is 92.7 cm³/mol. The molecule has 0 aromatic heterocycles. The third-order valence-electron chi connectivity index (χ3n) is 4.02. The Kier molecular flexibility index (Phi) is 5.26. The Morgan fingerprint density at radius 1 is 1.21 bits per heavy atom. The van der Waals surface area contributed by atoms with Crippen LogP contribution in [0.25, 0.3) is 0 Å². The van der Waals surface area contributed by atoms with E-state index >= 15 is 0 Å². The summed E-state index contributed by atoms with van der Waals surface area (Å²) in [6, 6.07) is 6.55. The van der Waals surface area contributed by atoms with Gasteiger partial charge in [-0.1, -0.05) is 46.2 Å². The van der Waals surface area contributed by atoms with Crippen LogP contribution in [-0.2, 0) is 15.0 Å². The number of benzene rings is 1. The van der Waals surface area contributed by atoms with Crippen molar-refractivity contribution in [1.29, 1.82) is 0 Å². The van der Waals surface area contributed by atoms with E-state index in [9.17, 15) is 14.4 Å². The molecule has 6 heteroatoms. The molecule has 1 aromatic rings. The first-order valence-corrected chi connectivity index (χ1v) is 8.24. The summed E-state index contributed by atoms with van der Waals surface area (Å²) in [6.45, 7) is 8.02. The molecule has 1 aromatic carbocycles. The second-order valence-electron chi connectivity index (χ2n) is 7.09. The number of anilines is 1. The SMILES string of the molecule is CCCC1NC(=O)N(CC(=O)Nc2ccc(C(C)(C)C)cc2)C1=O. The van der Waals surface area contributed by atoms with Crippen LogP contribution in [0.3, 0.4) is 0 Å². The zero-order valence-corrected chi connectivity index (χ0v) is 14.7. The lowest BCUT2D eigenvalue weighted by Crippen LogP contribution is -2.38. The van der Waals surface area contributed by atoms with Gasteiger partial charge in [0.1, 0.15) is 12.6 Å². The number of hydrogen-bond acceptors (Lipinski definition) is 3. The van der Waals surface area contributed by atoms with Crippen molar-refractivity contribution in [2.75, 3.05) is 11.9 Å². The molecule has 130 valence electrons. The standard InChI is InChI=1S/C18H25N3O3/c1-5-6-14-16(23)21(17(24)20-14)11-15(22)19-13-9-7-12(8-10-13)18(2,3)4/h7-10,14H,5-6,11H2,1-4H3,(H,19,22)(H,20,24). The van der Waals surface area contributed by atoms with Gasteiger partial charge in [0.05, 0.1) is 0 Å². The summed E-state index contributed by atoms with van der Waals surface area (Å²) >= 11 is 0. The van der Waals surface area contributed by atoms with Crippen molar-refractivity contribution in [3.8, 4) is 0 Å². The molecule has 2 N–H and O–H groups in total. The van der Waals surface area contributed by atoms with Crippen molar-refractivity contribution >= 4 is 23.5 Å². The van der Waals surface area contributed by atoms with Crippen molar-refractivity contribution in [1.82, 2.24) is 10.2 Å². The molecule has 24 heavy (non-hydrogen) atoms. The Morgan fingerprint density at radius 3 is 2.38 bits per heavy atom. The van der Waals surface area contributed by atoms with E-state index in [2.05, 4.69) is 31.4 Å². The maximum Gasteiger partial charge on any atom is 0.325 e. The van der Waals surface area contributed by atoms with Gasteiger partial charge in [-0.05, 0) is 29.5 Å². The molecular weight excluding hydrogens is 306 g/mol. The molecule has 0 bridgehead atoms. The van der Waals surface area contributed by atoms with E-state index in [0.29, 0.717) is 12.1 Å². The first kappa shape index (κ1) is 18.0. The van der Waals surface area contributed by atoms with Crippen LogP contribution in [0.5, 0.6) is 0 Å². The minimum atomic E-state index is -0.513. The molecule has 0 spiro atoms. The molecule has 1 heterocycles. The van der Waals surface area contributed by atoms with Gasteiger partial charge in [0.15, 0.2) is 0 Å². The zero-order valence-electron chi connectivity index (χ0n) is 14.7. The van der Waals surface area contributed by atoms with E-state index in [4.69, 9.17) is 0 Å². The van der Waals surface area contributed by atoms with Crippen molar-refractivity contribution in [2.45, 2.75) is 52.0 Å². The zero-order chi connectivity index (χ0) is 17.9. The van der Waals surface area contributed by atoms with E-state index in [1.807, 2.05) is 31.2 Å². The average Bonchev–Trinajstić information content (AvgIpc) is 2.75. The summed E-state index contributed by atoms with van der Waals surface area (Å²) in [5, 5.41) is 5.33. The molecule has 0 aliphatic carbocycles. The Hall–Kier alpha value is -2.37. The molecule has 1 atom stereocenters. The second-order valence-corrected chi connectivity index (χ2v) is 7.09. The third-order valence-corrected chi connectivity index (χ3v) is 4.02. The molecule has 1 fully saturated rings. The lowest BCUT2D eigenvalue weighted by atomic mass is 9.87. The van der Waals surface area contributed by atoms with Crippen LogP contribution in [0.15, 0.2) is 24.3 Å². The number of carbonyl (C=O) groups is 3. The maximum absolute atomic E-state index is 12.1. The molecule has 4 amide bonds. The minimum Gasteiger partial charge on any atom is -0.326 e. The van der Waals surface area contributed by atoms with Crippen LogP contribution in [-0.4, -0.2) is 35.3 Å².